The van der Waals surface area contributed by atoms with Gasteiger partial charge in [0, 0.05) is 11.8 Å². The summed E-state index contributed by atoms with van der Waals surface area (Å²) >= 11 is 1.37. The molecule has 1 aromatic carbocycles. The molecule has 2 N–H and O–H groups in total. The van der Waals surface area contributed by atoms with Crippen LogP contribution in [0.3, 0.4) is 0 Å². The normalized spacial score (nSPS) is 11.1. The number of rotatable bonds is 4. The van der Waals surface area contributed by atoms with Crippen LogP contribution < -0.4 is 10.5 Å². The van der Waals surface area contributed by atoms with Gasteiger partial charge in [0.2, 0.25) is 0 Å². The van der Waals surface area contributed by atoms with E-state index in [0.29, 0.717) is 11.4 Å². The second-order valence-electron chi connectivity index (χ2n) is 4.79. The third kappa shape index (κ3) is 4.87. The van der Waals surface area contributed by atoms with Gasteiger partial charge in [-0.3, -0.25) is 4.79 Å². The number of anilines is 1. The maximum Gasteiger partial charge on any atom is 0.316 e. The molecule has 0 aliphatic carbocycles. The van der Waals surface area contributed by atoms with E-state index in [1.807, 2.05) is 26.8 Å². The first-order valence-corrected chi connectivity index (χ1v) is 6.58. The van der Waals surface area contributed by atoms with Crippen molar-refractivity contribution in [2.75, 3.05) is 18.6 Å². The van der Waals surface area contributed by atoms with Gasteiger partial charge < -0.3 is 15.2 Å². The second kappa shape index (κ2) is 6.00. The molecule has 0 atom stereocenters. The Morgan fingerprint density at radius 1 is 1.39 bits per heavy atom. The van der Waals surface area contributed by atoms with Crippen LogP contribution in [-0.4, -0.2) is 24.4 Å². The first-order chi connectivity index (χ1) is 8.31. The van der Waals surface area contributed by atoms with Crippen LogP contribution >= 0.6 is 11.8 Å². The van der Waals surface area contributed by atoms with Crippen LogP contribution in [0.25, 0.3) is 0 Å². The van der Waals surface area contributed by atoms with Gasteiger partial charge in [-0.05, 0) is 32.9 Å². The zero-order valence-corrected chi connectivity index (χ0v) is 12.0. The van der Waals surface area contributed by atoms with Gasteiger partial charge in [0.05, 0.1) is 17.8 Å². The van der Waals surface area contributed by atoms with Gasteiger partial charge in [0.15, 0.2) is 0 Å². The van der Waals surface area contributed by atoms with E-state index in [4.69, 9.17) is 15.2 Å². The van der Waals surface area contributed by atoms with Crippen molar-refractivity contribution in [3.8, 4) is 5.75 Å². The number of ether oxygens (including phenoxy) is 2. The van der Waals surface area contributed by atoms with Crippen LogP contribution in [0.4, 0.5) is 5.69 Å². The largest absolute Gasteiger partial charge is 0.496 e. The average molecular weight is 269 g/mol. The van der Waals surface area contributed by atoms with Gasteiger partial charge in [-0.1, -0.05) is 0 Å². The standard InChI is InChI=1S/C13H19NO3S/c1-13(2,3)17-12(15)8-18-11-6-5-9(14)7-10(11)16-4/h5-7H,8,14H2,1-4H3. The Kier molecular flexibility index (Phi) is 4.90. The van der Waals surface area contributed by atoms with E-state index >= 15 is 0 Å². The fourth-order valence-corrected chi connectivity index (χ4v) is 2.09. The van der Waals surface area contributed by atoms with E-state index < -0.39 is 5.60 Å². The fraction of sp³-hybridized carbons (Fsp3) is 0.462. The average Bonchev–Trinajstić information content (AvgIpc) is 2.24. The van der Waals surface area contributed by atoms with Crippen LogP contribution in [0, 0.1) is 0 Å². The van der Waals surface area contributed by atoms with Gasteiger partial charge in [0.25, 0.3) is 0 Å². The minimum absolute atomic E-state index is 0.244. The molecular weight excluding hydrogens is 250 g/mol. The smallest absolute Gasteiger partial charge is 0.316 e. The highest BCUT2D eigenvalue weighted by Gasteiger charge is 2.17. The number of methoxy groups -OCH3 is 1. The van der Waals surface area contributed by atoms with E-state index in [1.165, 1.54) is 11.8 Å². The molecule has 100 valence electrons. The number of hydrogen-bond acceptors (Lipinski definition) is 5. The van der Waals surface area contributed by atoms with Crippen molar-refractivity contribution in [3.63, 3.8) is 0 Å². The van der Waals surface area contributed by atoms with E-state index in [-0.39, 0.29) is 11.7 Å². The molecule has 0 saturated heterocycles. The molecule has 0 radical (unpaired) electrons. The third-order valence-corrected chi connectivity index (χ3v) is 2.98. The van der Waals surface area contributed by atoms with Crippen LogP contribution in [0.2, 0.25) is 0 Å². The van der Waals surface area contributed by atoms with Crippen LogP contribution in [0.1, 0.15) is 20.8 Å². The molecule has 0 bridgehead atoms. The van der Waals surface area contributed by atoms with Gasteiger partial charge in [-0.25, -0.2) is 0 Å². The Balaban J connectivity index is 2.61. The summed E-state index contributed by atoms with van der Waals surface area (Å²) in [4.78, 5) is 12.5. The highest BCUT2D eigenvalue weighted by molar-refractivity contribution is 8.00. The number of thioether (sulfide) groups is 1. The van der Waals surface area contributed by atoms with E-state index in [0.717, 1.165) is 4.90 Å². The van der Waals surface area contributed by atoms with Crippen LogP contribution in [0.5, 0.6) is 5.75 Å². The molecule has 0 aliphatic rings. The second-order valence-corrected chi connectivity index (χ2v) is 5.80. The SMILES string of the molecule is COc1cc(N)ccc1SCC(=O)OC(C)(C)C. The molecule has 0 spiro atoms. The summed E-state index contributed by atoms with van der Waals surface area (Å²) in [6, 6.07) is 5.35. The molecule has 0 fully saturated rings. The minimum atomic E-state index is -0.456. The predicted molar refractivity (Wildman–Crippen MR) is 74.0 cm³/mol. The number of esters is 1. The molecule has 0 unspecified atom stereocenters. The molecule has 0 aliphatic heterocycles. The number of carbonyl (C=O) groups excluding carboxylic acids is 1. The summed E-state index contributed by atoms with van der Waals surface area (Å²) in [5.41, 5.74) is 5.84. The molecule has 0 saturated carbocycles. The van der Waals surface area contributed by atoms with Gasteiger partial charge >= 0.3 is 5.97 Å². The highest BCUT2D eigenvalue weighted by atomic mass is 32.2. The van der Waals surface area contributed by atoms with Crippen molar-refractivity contribution in [3.05, 3.63) is 18.2 Å². The third-order valence-electron chi connectivity index (χ3n) is 1.95. The summed E-state index contributed by atoms with van der Waals surface area (Å²) in [6.45, 7) is 5.54. The van der Waals surface area contributed by atoms with E-state index in [2.05, 4.69) is 0 Å². The maximum atomic E-state index is 11.6. The number of nitrogens with two attached hydrogens (primary N) is 1. The number of hydrogen-bond donors (Lipinski definition) is 1. The molecule has 1 rings (SSSR count). The van der Waals surface area contributed by atoms with Crippen molar-refractivity contribution in [1.29, 1.82) is 0 Å². The number of nitrogen functional groups attached to an aromatic ring is 1. The first kappa shape index (κ1) is 14.7. The summed E-state index contributed by atoms with van der Waals surface area (Å²) in [5.74, 6) is 0.673. The highest BCUT2D eigenvalue weighted by Crippen LogP contribution is 2.31. The summed E-state index contributed by atoms with van der Waals surface area (Å²) < 4.78 is 10.4. The topological polar surface area (TPSA) is 61.5 Å². The van der Waals surface area contributed by atoms with E-state index in [9.17, 15) is 4.79 Å². The molecule has 0 heterocycles. The van der Waals surface area contributed by atoms with Crippen LogP contribution in [0.15, 0.2) is 23.1 Å². The van der Waals surface area contributed by atoms with Crippen molar-refractivity contribution in [2.24, 2.45) is 0 Å². The predicted octanol–water partition coefficient (Wildman–Crippen LogP) is 2.71. The molecule has 0 amide bonds. The molecule has 4 nitrogen and oxygen atoms in total. The lowest BCUT2D eigenvalue weighted by Crippen LogP contribution is -2.24. The zero-order valence-electron chi connectivity index (χ0n) is 11.1. The number of carbonyl (C=O) groups is 1. The Labute approximate surface area is 112 Å². The Morgan fingerprint density at radius 2 is 2.06 bits per heavy atom. The molecule has 5 heteroatoms. The first-order valence-electron chi connectivity index (χ1n) is 5.60. The molecule has 18 heavy (non-hydrogen) atoms. The summed E-state index contributed by atoms with van der Waals surface area (Å²) in [7, 11) is 1.58. The van der Waals surface area contributed by atoms with Crippen molar-refractivity contribution < 1.29 is 14.3 Å². The summed E-state index contributed by atoms with van der Waals surface area (Å²) in [6.07, 6.45) is 0. The Hall–Kier alpha value is -1.36. The van der Waals surface area contributed by atoms with E-state index in [1.54, 1.807) is 19.2 Å². The van der Waals surface area contributed by atoms with Crippen LogP contribution in [-0.2, 0) is 9.53 Å². The summed E-state index contributed by atoms with van der Waals surface area (Å²) in [5, 5.41) is 0. The van der Waals surface area contributed by atoms with Crippen molar-refractivity contribution in [1.82, 2.24) is 0 Å². The molecule has 1 aromatic rings. The number of benzene rings is 1. The van der Waals surface area contributed by atoms with Gasteiger partial charge in [-0.2, -0.15) is 0 Å². The molecular formula is C13H19NO3S. The monoisotopic (exact) mass is 269 g/mol. The fourth-order valence-electron chi connectivity index (χ4n) is 1.31. The lowest BCUT2D eigenvalue weighted by Gasteiger charge is -2.19. The van der Waals surface area contributed by atoms with Gasteiger partial charge in [-0.15, -0.1) is 11.8 Å². The lowest BCUT2D eigenvalue weighted by atomic mass is 10.2. The van der Waals surface area contributed by atoms with Gasteiger partial charge in [0.1, 0.15) is 11.4 Å². The molecule has 0 aromatic heterocycles. The maximum absolute atomic E-state index is 11.6. The Morgan fingerprint density at radius 3 is 2.61 bits per heavy atom. The quantitative estimate of drug-likeness (QED) is 0.517. The van der Waals surface area contributed by atoms with Crippen molar-refractivity contribution in [2.45, 2.75) is 31.3 Å². The Bertz CT molecular complexity index is 427. The lowest BCUT2D eigenvalue weighted by molar-refractivity contribution is -0.151. The minimum Gasteiger partial charge on any atom is -0.496 e. The van der Waals surface area contributed by atoms with Crippen molar-refractivity contribution >= 4 is 23.4 Å². The zero-order chi connectivity index (χ0) is 13.8.